The van der Waals surface area contributed by atoms with Gasteiger partial charge in [-0.05, 0) is 18.8 Å². The Hall–Kier alpha value is -0.600. The Morgan fingerprint density at radius 3 is 2.92 bits per heavy atom. The highest BCUT2D eigenvalue weighted by atomic mass is 16.3. The van der Waals surface area contributed by atoms with Crippen LogP contribution in [0, 0.1) is 5.92 Å². The number of aliphatic hydroxyl groups is 1. The molecule has 0 aliphatic carbocycles. The monoisotopic (exact) mass is 167 g/mol. The lowest BCUT2D eigenvalue weighted by atomic mass is 10.0. The molecule has 1 fully saturated rings. The van der Waals surface area contributed by atoms with Crippen LogP contribution >= 0.6 is 0 Å². The van der Waals surface area contributed by atoms with E-state index in [0.29, 0.717) is 5.92 Å². The summed E-state index contributed by atoms with van der Waals surface area (Å²) in [5.41, 5.74) is 0. The van der Waals surface area contributed by atoms with Gasteiger partial charge >= 0.3 is 0 Å². The Morgan fingerprint density at radius 2 is 2.33 bits per heavy atom. The summed E-state index contributed by atoms with van der Waals surface area (Å²) in [5, 5.41) is 12.6. The van der Waals surface area contributed by atoms with E-state index >= 15 is 0 Å². The first kappa shape index (κ1) is 9.49. The van der Waals surface area contributed by atoms with Gasteiger partial charge in [-0.2, -0.15) is 0 Å². The molecule has 1 rings (SSSR count). The number of hydrogen-bond donors (Lipinski definition) is 2. The zero-order valence-electron chi connectivity index (χ0n) is 7.37. The average Bonchev–Trinajstić information content (AvgIpc) is 2.46. The van der Waals surface area contributed by atoms with Gasteiger partial charge in [-0.3, -0.25) is 0 Å². The fourth-order valence-electron chi connectivity index (χ4n) is 1.52. The van der Waals surface area contributed by atoms with E-state index in [0.717, 1.165) is 25.9 Å². The van der Waals surface area contributed by atoms with Crippen LogP contribution in [0.2, 0.25) is 0 Å². The normalized spacial score (nSPS) is 29.8. The van der Waals surface area contributed by atoms with E-state index in [1.54, 1.807) is 6.08 Å². The fraction of sp³-hybridized carbons (Fsp3) is 0.600. The molecule has 0 spiro atoms. The minimum absolute atomic E-state index is 0.137. The van der Waals surface area contributed by atoms with Gasteiger partial charge in [-0.25, -0.2) is 0 Å². The van der Waals surface area contributed by atoms with Gasteiger partial charge in [0.15, 0.2) is 0 Å². The molecule has 1 aliphatic rings. The smallest absolute Gasteiger partial charge is 0.0704 e. The van der Waals surface area contributed by atoms with Gasteiger partial charge in [0, 0.05) is 13.1 Å². The third-order valence-electron chi connectivity index (χ3n) is 2.28. The highest BCUT2D eigenvalue weighted by molar-refractivity contribution is 4.97. The molecule has 1 saturated heterocycles. The minimum atomic E-state index is -0.137. The van der Waals surface area contributed by atoms with E-state index in [9.17, 15) is 5.11 Å². The first-order valence-electron chi connectivity index (χ1n) is 4.51. The largest absolute Gasteiger partial charge is 0.391 e. The predicted octanol–water partition coefficient (Wildman–Crippen LogP) is 1.09. The number of nitrogens with one attached hydrogen (secondary N) is 1. The van der Waals surface area contributed by atoms with E-state index in [2.05, 4.69) is 18.0 Å². The van der Waals surface area contributed by atoms with Gasteiger partial charge < -0.3 is 10.4 Å². The Kier molecular flexibility index (Phi) is 4.05. The van der Waals surface area contributed by atoms with E-state index in [-0.39, 0.29) is 6.10 Å². The van der Waals surface area contributed by atoms with Gasteiger partial charge in [0.05, 0.1) is 6.10 Å². The van der Waals surface area contributed by atoms with Crippen molar-refractivity contribution < 1.29 is 5.11 Å². The summed E-state index contributed by atoms with van der Waals surface area (Å²) in [4.78, 5) is 0. The molecule has 0 aromatic heterocycles. The van der Waals surface area contributed by atoms with Crippen molar-refractivity contribution in [2.75, 3.05) is 13.1 Å². The lowest BCUT2D eigenvalue weighted by Crippen LogP contribution is -2.17. The SMILES string of the molecule is C=C/C=C/CCC1CNCC1O. The zero-order chi connectivity index (χ0) is 8.81. The van der Waals surface area contributed by atoms with Crippen LogP contribution in [0.15, 0.2) is 24.8 Å². The molecule has 2 atom stereocenters. The van der Waals surface area contributed by atoms with Gasteiger partial charge in [0.1, 0.15) is 0 Å². The lowest BCUT2D eigenvalue weighted by Gasteiger charge is -2.10. The molecule has 2 N–H and O–H groups in total. The second kappa shape index (κ2) is 5.12. The van der Waals surface area contributed by atoms with Crippen molar-refractivity contribution in [3.63, 3.8) is 0 Å². The van der Waals surface area contributed by atoms with Crippen LogP contribution in [0.25, 0.3) is 0 Å². The third-order valence-corrected chi connectivity index (χ3v) is 2.28. The second-order valence-electron chi connectivity index (χ2n) is 3.23. The van der Waals surface area contributed by atoms with Crippen LogP contribution in [-0.2, 0) is 0 Å². The van der Waals surface area contributed by atoms with Crippen LogP contribution in [0.5, 0.6) is 0 Å². The Balaban J connectivity index is 2.13. The fourth-order valence-corrected chi connectivity index (χ4v) is 1.52. The summed E-state index contributed by atoms with van der Waals surface area (Å²) in [7, 11) is 0. The van der Waals surface area contributed by atoms with Gasteiger partial charge in [-0.1, -0.05) is 24.8 Å². The highest BCUT2D eigenvalue weighted by Crippen LogP contribution is 2.15. The average molecular weight is 167 g/mol. The van der Waals surface area contributed by atoms with Gasteiger partial charge in [0.2, 0.25) is 0 Å². The molecule has 0 aromatic rings. The van der Waals surface area contributed by atoms with E-state index < -0.39 is 0 Å². The molecule has 1 heterocycles. The van der Waals surface area contributed by atoms with Crippen molar-refractivity contribution >= 4 is 0 Å². The molecule has 2 nitrogen and oxygen atoms in total. The molecule has 0 amide bonds. The first-order chi connectivity index (χ1) is 5.84. The van der Waals surface area contributed by atoms with Crippen molar-refractivity contribution in [2.24, 2.45) is 5.92 Å². The summed E-state index contributed by atoms with van der Waals surface area (Å²) < 4.78 is 0. The van der Waals surface area contributed by atoms with E-state index in [1.165, 1.54) is 0 Å². The van der Waals surface area contributed by atoms with Crippen molar-refractivity contribution in [1.29, 1.82) is 0 Å². The number of hydrogen-bond acceptors (Lipinski definition) is 2. The molecule has 0 radical (unpaired) electrons. The van der Waals surface area contributed by atoms with Crippen molar-refractivity contribution in [2.45, 2.75) is 18.9 Å². The zero-order valence-corrected chi connectivity index (χ0v) is 7.37. The summed E-state index contributed by atoms with van der Waals surface area (Å²) in [6.45, 7) is 5.32. The second-order valence-corrected chi connectivity index (χ2v) is 3.23. The number of β-amino-alcohol motifs (C(OH)–C–C–N with tert-alkyl or cyclic N) is 1. The Morgan fingerprint density at radius 1 is 1.50 bits per heavy atom. The summed E-state index contributed by atoms with van der Waals surface area (Å²) in [5.74, 6) is 0.444. The van der Waals surface area contributed by atoms with Gasteiger partial charge in [0.25, 0.3) is 0 Å². The molecule has 2 heteroatoms. The van der Waals surface area contributed by atoms with Crippen LogP contribution in [0.4, 0.5) is 0 Å². The summed E-state index contributed by atoms with van der Waals surface area (Å²) in [6.07, 6.45) is 7.80. The highest BCUT2D eigenvalue weighted by Gasteiger charge is 2.23. The maximum atomic E-state index is 9.44. The first-order valence-corrected chi connectivity index (χ1v) is 4.51. The van der Waals surface area contributed by atoms with E-state index in [1.807, 2.05) is 6.08 Å². The molecule has 68 valence electrons. The third kappa shape index (κ3) is 2.80. The molecule has 12 heavy (non-hydrogen) atoms. The standard InChI is InChI=1S/C10H17NO/c1-2-3-4-5-6-9-7-11-8-10(9)12/h2-4,9-12H,1,5-8H2/b4-3+. The van der Waals surface area contributed by atoms with Crippen LogP contribution in [0.1, 0.15) is 12.8 Å². The predicted molar refractivity (Wildman–Crippen MR) is 50.9 cm³/mol. The Labute approximate surface area is 74.0 Å². The van der Waals surface area contributed by atoms with Crippen LogP contribution < -0.4 is 5.32 Å². The van der Waals surface area contributed by atoms with E-state index in [4.69, 9.17) is 0 Å². The quantitative estimate of drug-likeness (QED) is 0.614. The summed E-state index contributed by atoms with van der Waals surface area (Å²) in [6, 6.07) is 0. The number of allylic oxidation sites excluding steroid dienone is 3. The molecule has 0 bridgehead atoms. The molecule has 0 saturated carbocycles. The van der Waals surface area contributed by atoms with Crippen LogP contribution in [-0.4, -0.2) is 24.3 Å². The minimum Gasteiger partial charge on any atom is -0.391 e. The number of rotatable bonds is 4. The molecule has 0 aromatic carbocycles. The van der Waals surface area contributed by atoms with Crippen molar-refractivity contribution in [3.05, 3.63) is 24.8 Å². The van der Waals surface area contributed by atoms with Gasteiger partial charge in [-0.15, -0.1) is 0 Å². The lowest BCUT2D eigenvalue weighted by molar-refractivity contribution is 0.143. The molecule has 2 unspecified atom stereocenters. The molecular formula is C10H17NO. The Bertz CT molecular complexity index is 165. The van der Waals surface area contributed by atoms with Crippen molar-refractivity contribution in [1.82, 2.24) is 5.32 Å². The molecular weight excluding hydrogens is 150 g/mol. The van der Waals surface area contributed by atoms with Crippen molar-refractivity contribution in [3.8, 4) is 0 Å². The topological polar surface area (TPSA) is 32.3 Å². The maximum absolute atomic E-state index is 9.44. The maximum Gasteiger partial charge on any atom is 0.0704 e. The molecule has 1 aliphatic heterocycles. The van der Waals surface area contributed by atoms with Crippen LogP contribution in [0.3, 0.4) is 0 Å². The summed E-state index contributed by atoms with van der Waals surface area (Å²) >= 11 is 0. The number of aliphatic hydroxyl groups excluding tert-OH is 1.